The van der Waals surface area contributed by atoms with Crippen molar-refractivity contribution in [3.8, 4) is 5.75 Å². The van der Waals surface area contributed by atoms with Gasteiger partial charge >= 0.3 is 5.97 Å². The number of methoxy groups -OCH3 is 1. The Kier molecular flexibility index (Phi) is 5.89. The maximum absolute atomic E-state index is 12.0. The van der Waals surface area contributed by atoms with E-state index >= 15 is 0 Å². The van der Waals surface area contributed by atoms with E-state index in [0.29, 0.717) is 0 Å². The summed E-state index contributed by atoms with van der Waals surface area (Å²) in [5.74, 6) is -0.102. The molecule has 2 atom stereocenters. The van der Waals surface area contributed by atoms with Crippen molar-refractivity contribution in [1.29, 1.82) is 0 Å². The molecule has 0 aliphatic carbocycles. The number of nitrogens with one attached hydrogen (secondary N) is 1. The van der Waals surface area contributed by atoms with E-state index in [4.69, 9.17) is 14.7 Å². The first-order valence-electron chi connectivity index (χ1n) is 7.11. The fourth-order valence-corrected chi connectivity index (χ4v) is 2.17. The average molecular weight is 321 g/mol. The molecule has 0 aliphatic rings. The third-order valence-electron chi connectivity index (χ3n) is 3.48. The number of carbonyl (C=O) groups is 1. The van der Waals surface area contributed by atoms with Crippen molar-refractivity contribution in [2.75, 3.05) is 20.3 Å². The Balaban J connectivity index is 2.02. The van der Waals surface area contributed by atoms with E-state index < -0.39 is 17.3 Å². The molecule has 2 rings (SSSR count). The molecular formula is C16H19NO6. The number of ether oxygens (including phenoxy) is 2. The number of esters is 1. The zero-order valence-electron chi connectivity index (χ0n) is 12.9. The maximum Gasteiger partial charge on any atom is 0.313 e. The van der Waals surface area contributed by atoms with Gasteiger partial charge in [0.2, 0.25) is 0 Å². The zero-order valence-corrected chi connectivity index (χ0v) is 12.9. The number of rotatable bonds is 7. The summed E-state index contributed by atoms with van der Waals surface area (Å²) in [7, 11) is 1.61. The van der Waals surface area contributed by atoms with Crippen molar-refractivity contribution in [1.82, 2.24) is 0 Å². The molecule has 2 aromatic rings. The predicted octanol–water partition coefficient (Wildman–Crippen LogP) is 1.20. The van der Waals surface area contributed by atoms with Crippen LogP contribution in [-0.4, -0.2) is 31.5 Å². The van der Waals surface area contributed by atoms with E-state index in [-0.39, 0.29) is 13.2 Å². The normalized spacial score (nSPS) is 13.6. The van der Waals surface area contributed by atoms with Gasteiger partial charge in [-0.2, -0.15) is 10.0 Å². The average Bonchev–Trinajstić information content (AvgIpc) is 2.56. The zero-order chi connectivity index (χ0) is 16.8. The van der Waals surface area contributed by atoms with Gasteiger partial charge in [0, 0.05) is 0 Å². The third-order valence-corrected chi connectivity index (χ3v) is 3.48. The lowest BCUT2D eigenvalue weighted by Gasteiger charge is -2.14. The molecule has 2 N–H and O–H groups in total. The van der Waals surface area contributed by atoms with Crippen LogP contribution in [-0.2, 0) is 14.4 Å². The molecule has 0 amide bonds. The van der Waals surface area contributed by atoms with Crippen LogP contribution in [0.4, 0.5) is 0 Å². The van der Waals surface area contributed by atoms with Gasteiger partial charge in [-0.25, -0.2) is 0 Å². The van der Waals surface area contributed by atoms with Crippen LogP contribution in [0.15, 0.2) is 36.4 Å². The lowest BCUT2D eigenvalue weighted by atomic mass is 9.98. The monoisotopic (exact) mass is 321 g/mol. The molecule has 0 heterocycles. The molecule has 0 saturated heterocycles. The van der Waals surface area contributed by atoms with E-state index in [1.165, 1.54) is 0 Å². The molecule has 1 unspecified atom stereocenters. The number of fused-ring (bicyclic) bond motifs is 1. The second-order valence-corrected chi connectivity index (χ2v) is 4.98. The molecule has 0 radical (unpaired) electrons. The van der Waals surface area contributed by atoms with Crippen LogP contribution in [0.25, 0.3) is 10.8 Å². The minimum Gasteiger partial charge on any atom is -0.566 e. The number of quaternary nitrogens is 1. The fraction of sp³-hybridized carbons (Fsp3) is 0.312. The van der Waals surface area contributed by atoms with Crippen molar-refractivity contribution in [2.24, 2.45) is 0 Å². The van der Waals surface area contributed by atoms with Crippen molar-refractivity contribution < 1.29 is 29.7 Å². The largest absolute Gasteiger partial charge is 0.566 e. The highest BCUT2D eigenvalue weighted by molar-refractivity contribution is 5.86. The lowest BCUT2D eigenvalue weighted by molar-refractivity contribution is -1.21. The van der Waals surface area contributed by atoms with Gasteiger partial charge in [-0.3, -0.25) is 4.79 Å². The molecule has 23 heavy (non-hydrogen) atoms. The quantitative estimate of drug-likeness (QED) is 0.452. The van der Waals surface area contributed by atoms with Gasteiger partial charge < -0.3 is 14.7 Å². The molecule has 0 aliphatic heterocycles. The van der Waals surface area contributed by atoms with Gasteiger partial charge in [-0.1, -0.05) is 29.7 Å². The summed E-state index contributed by atoms with van der Waals surface area (Å²) in [6.45, 7) is 1.47. The second kappa shape index (κ2) is 7.89. The standard InChI is InChI=1S/C16H19NO6/c1-11(16(18)22-7-8-23-17(19)20)12-3-4-14-10-15(21-2)6-5-13(14)9-12/h3-6,9-11,17,19H,7-8H2,1-2H3/t11-/m1/s1. The Labute approximate surface area is 133 Å². The van der Waals surface area contributed by atoms with Crippen molar-refractivity contribution >= 4 is 16.7 Å². The van der Waals surface area contributed by atoms with E-state index in [9.17, 15) is 10.0 Å². The third kappa shape index (κ3) is 4.64. The molecule has 0 spiro atoms. The van der Waals surface area contributed by atoms with E-state index in [1.807, 2.05) is 36.4 Å². The summed E-state index contributed by atoms with van der Waals surface area (Å²) in [4.78, 5) is 16.3. The van der Waals surface area contributed by atoms with Crippen molar-refractivity contribution in [2.45, 2.75) is 12.8 Å². The number of hydrogen-bond acceptors (Lipinski definition) is 6. The number of carbonyl (C=O) groups excluding carboxylic acids is 1. The molecule has 2 aromatic carbocycles. The molecule has 0 fully saturated rings. The summed E-state index contributed by atoms with van der Waals surface area (Å²) in [5, 5.41) is 19.2. The molecule has 0 saturated carbocycles. The first-order valence-corrected chi connectivity index (χ1v) is 7.11. The molecule has 124 valence electrons. The SMILES string of the molecule is COc1ccc2cc([C@@H](C)C(=O)OCCO[NH+]([O-])O)ccc2c1. The maximum atomic E-state index is 12.0. The van der Waals surface area contributed by atoms with Crippen LogP contribution in [0, 0.1) is 5.21 Å². The summed E-state index contributed by atoms with van der Waals surface area (Å²) < 4.78 is 10.2. The Morgan fingerprint density at radius 3 is 2.61 bits per heavy atom. The summed E-state index contributed by atoms with van der Waals surface area (Å²) >= 11 is 0. The molecular weight excluding hydrogens is 302 g/mol. The van der Waals surface area contributed by atoms with Crippen LogP contribution < -0.4 is 10.1 Å². The second-order valence-electron chi connectivity index (χ2n) is 4.98. The van der Waals surface area contributed by atoms with Crippen LogP contribution in [0.1, 0.15) is 18.4 Å². The molecule has 7 heteroatoms. The van der Waals surface area contributed by atoms with E-state index in [2.05, 4.69) is 4.84 Å². The van der Waals surface area contributed by atoms with Crippen molar-refractivity contribution in [3.63, 3.8) is 0 Å². The van der Waals surface area contributed by atoms with Gasteiger partial charge in [0.05, 0.1) is 13.0 Å². The molecule has 7 nitrogen and oxygen atoms in total. The lowest BCUT2D eigenvalue weighted by Crippen LogP contribution is -3.03. The van der Waals surface area contributed by atoms with Crippen LogP contribution >= 0.6 is 0 Å². The van der Waals surface area contributed by atoms with Gasteiger partial charge in [0.1, 0.15) is 19.0 Å². The molecule has 0 bridgehead atoms. The van der Waals surface area contributed by atoms with Crippen molar-refractivity contribution in [3.05, 3.63) is 47.2 Å². The van der Waals surface area contributed by atoms with E-state index in [0.717, 1.165) is 22.1 Å². The number of benzene rings is 2. The van der Waals surface area contributed by atoms with Crippen LogP contribution in [0.2, 0.25) is 0 Å². The summed E-state index contributed by atoms with van der Waals surface area (Å²) in [6.07, 6.45) is 0. The van der Waals surface area contributed by atoms with Gasteiger partial charge in [-0.15, -0.1) is 0 Å². The Hall–Kier alpha value is -2.19. The molecule has 0 aromatic heterocycles. The highest BCUT2D eigenvalue weighted by Crippen LogP contribution is 2.25. The van der Waals surface area contributed by atoms with Gasteiger partial charge in [0.25, 0.3) is 0 Å². The first kappa shape index (κ1) is 17.2. The Morgan fingerprint density at radius 1 is 1.22 bits per heavy atom. The Morgan fingerprint density at radius 2 is 1.91 bits per heavy atom. The van der Waals surface area contributed by atoms with Crippen LogP contribution in [0.5, 0.6) is 5.75 Å². The predicted molar refractivity (Wildman–Crippen MR) is 81.9 cm³/mol. The first-order chi connectivity index (χ1) is 11.0. The van der Waals surface area contributed by atoms with Crippen LogP contribution in [0.3, 0.4) is 0 Å². The van der Waals surface area contributed by atoms with Gasteiger partial charge in [0.15, 0.2) is 0 Å². The number of hydrogen-bond donors (Lipinski definition) is 2. The van der Waals surface area contributed by atoms with E-state index in [1.54, 1.807) is 14.0 Å². The Bertz CT molecular complexity index is 673. The fourth-order valence-electron chi connectivity index (χ4n) is 2.17. The minimum absolute atomic E-state index is 0.0970. The summed E-state index contributed by atoms with van der Waals surface area (Å²) in [6, 6.07) is 11.4. The highest BCUT2D eigenvalue weighted by Gasteiger charge is 2.17. The smallest absolute Gasteiger partial charge is 0.313 e. The van der Waals surface area contributed by atoms with Gasteiger partial charge in [-0.05, 0) is 35.4 Å². The highest BCUT2D eigenvalue weighted by atomic mass is 17.1. The minimum atomic E-state index is -1.39. The topological polar surface area (TPSA) is 92.5 Å². The summed E-state index contributed by atoms with van der Waals surface area (Å²) in [5.41, 5.74) is 0.826.